The maximum absolute atomic E-state index is 11.3. The van der Waals surface area contributed by atoms with Gasteiger partial charge in [-0.3, -0.25) is 4.79 Å². The van der Waals surface area contributed by atoms with E-state index in [1.165, 1.54) is 0 Å². The molecule has 0 saturated carbocycles. The molecular formula is C10H10N2O. The zero-order valence-corrected chi connectivity index (χ0v) is 7.29. The second-order valence-corrected chi connectivity index (χ2v) is 3.06. The van der Waals surface area contributed by atoms with E-state index in [9.17, 15) is 4.79 Å². The van der Waals surface area contributed by atoms with Gasteiger partial charge in [-0.05, 0) is 24.6 Å². The first kappa shape index (κ1) is 7.86. The van der Waals surface area contributed by atoms with Crippen LogP contribution in [-0.2, 0) is 0 Å². The molecule has 0 aliphatic carbocycles. The van der Waals surface area contributed by atoms with Crippen LogP contribution in [0.25, 0.3) is 10.8 Å². The SMILES string of the molecule is Cc1ccc2c(=O)[nH]ccc2c1N. The van der Waals surface area contributed by atoms with Crippen LogP contribution in [0.1, 0.15) is 5.56 Å². The van der Waals surface area contributed by atoms with Crippen molar-refractivity contribution in [2.24, 2.45) is 0 Å². The maximum Gasteiger partial charge on any atom is 0.255 e. The quantitative estimate of drug-likeness (QED) is 0.593. The highest BCUT2D eigenvalue weighted by Crippen LogP contribution is 2.20. The molecule has 0 unspecified atom stereocenters. The lowest BCUT2D eigenvalue weighted by Crippen LogP contribution is -2.05. The van der Waals surface area contributed by atoms with Crippen molar-refractivity contribution in [1.82, 2.24) is 4.98 Å². The van der Waals surface area contributed by atoms with Gasteiger partial charge in [0.05, 0.1) is 0 Å². The molecule has 66 valence electrons. The van der Waals surface area contributed by atoms with Gasteiger partial charge in [0, 0.05) is 22.7 Å². The molecule has 2 aromatic rings. The lowest BCUT2D eigenvalue weighted by Gasteiger charge is -2.03. The molecule has 1 heterocycles. The molecule has 0 spiro atoms. The van der Waals surface area contributed by atoms with Crippen LogP contribution in [0.15, 0.2) is 29.2 Å². The highest BCUT2D eigenvalue weighted by molar-refractivity contribution is 5.93. The van der Waals surface area contributed by atoms with E-state index in [0.717, 1.165) is 10.9 Å². The molecule has 1 aromatic carbocycles. The molecule has 0 fully saturated rings. The zero-order chi connectivity index (χ0) is 9.42. The fraction of sp³-hybridized carbons (Fsp3) is 0.100. The number of fused-ring (bicyclic) bond motifs is 1. The smallest absolute Gasteiger partial charge is 0.255 e. The number of benzene rings is 1. The van der Waals surface area contributed by atoms with Crippen molar-refractivity contribution in [3.8, 4) is 0 Å². The molecule has 3 nitrogen and oxygen atoms in total. The Bertz CT molecular complexity index is 514. The zero-order valence-electron chi connectivity index (χ0n) is 7.29. The van der Waals surface area contributed by atoms with Gasteiger partial charge >= 0.3 is 0 Å². The topological polar surface area (TPSA) is 58.9 Å². The van der Waals surface area contributed by atoms with E-state index >= 15 is 0 Å². The Morgan fingerprint density at radius 1 is 1.23 bits per heavy atom. The summed E-state index contributed by atoms with van der Waals surface area (Å²) in [6.45, 7) is 1.93. The maximum atomic E-state index is 11.3. The molecule has 13 heavy (non-hydrogen) atoms. The van der Waals surface area contributed by atoms with E-state index in [0.29, 0.717) is 11.1 Å². The monoisotopic (exact) mass is 174 g/mol. The predicted molar refractivity (Wildman–Crippen MR) is 53.7 cm³/mol. The number of aromatic nitrogens is 1. The summed E-state index contributed by atoms with van der Waals surface area (Å²) in [5.41, 5.74) is 7.42. The normalized spacial score (nSPS) is 10.5. The van der Waals surface area contributed by atoms with Crippen molar-refractivity contribution in [2.75, 3.05) is 5.73 Å². The molecular weight excluding hydrogens is 164 g/mol. The third-order valence-corrected chi connectivity index (χ3v) is 2.21. The summed E-state index contributed by atoms with van der Waals surface area (Å²) < 4.78 is 0. The number of pyridine rings is 1. The van der Waals surface area contributed by atoms with Gasteiger partial charge in [0.1, 0.15) is 0 Å². The third kappa shape index (κ3) is 1.09. The summed E-state index contributed by atoms with van der Waals surface area (Å²) in [6, 6.07) is 5.46. The number of anilines is 1. The number of aryl methyl sites for hydroxylation is 1. The fourth-order valence-corrected chi connectivity index (χ4v) is 1.40. The van der Waals surface area contributed by atoms with E-state index in [1.807, 2.05) is 19.1 Å². The predicted octanol–water partition coefficient (Wildman–Crippen LogP) is 1.42. The Morgan fingerprint density at radius 2 is 2.00 bits per heavy atom. The highest BCUT2D eigenvalue weighted by Gasteiger charge is 2.02. The Kier molecular flexibility index (Phi) is 1.59. The van der Waals surface area contributed by atoms with Crippen molar-refractivity contribution in [3.05, 3.63) is 40.3 Å². The Morgan fingerprint density at radius 3 is 2.77 bits per heavy atom. The van der Waals surface area contributed by atoms with E-state index in [4.69, 9.17) is 5.73 Å². The van der Waals surface area contributed by atoms with Crippen LogP contribution >= 0.6 is 0 Å². The van der Waals surface area contributed by atoms with Crippen LogP contribution in [0, 0.1) is 6.92 Å². The first-order valence-electron chi connectivity index (χ1n) is 4.06. The van der Waals surface area contributed by atoms with Crippen molar-refractivity contribution < 1.29 is 0 Å². The number of nitrogens with one attached hydrogen (secondary N) is 1. The van der Waals surface area contributed by atoms with E-state index in [1.54, 1.807) is 12.3 Å². The van der Waals surface area contributed by atoms with Crippen molar-refractivity contribution >= 4 is 16.5 Å². The summed E-state index contributed by atoms with van der Waals surface area (Å²) in [7, 11) is 0. The summed E-state index contributed by atoms with van der Waals surface area (Å²) in [5, 5.41) is 1.47. The number of aromatic amines is 1. The van der Waals surface area contributed by atoms with Crippen molar-refractivity contribution in [2.45, 2.75) is 6.92 Å². The molecule has 3 N–H and O–H groups in total. The van der Waals surface area contributed by atoms with Crippen LogP contribution in [0.5, 0.6) is 0 Å². The standard InChI is InChI=1S/C10H10N2O/c1-6-2-3-8-7(9(6)11)4-5-12-10(8)13/h2-5H,11H2,1H3,(H,12,13). The fourth-order valence-electron chi connectivity index (χ4n) is 1.40. The number of nitrogen functional groups attached to an aromatic ring is 1. The highest BCUT2D eigenvalue weighted by atomic mass is 16.1. The van der Waals surface area contributed by atoms with Crippen LogP contribution in [-0.4, -0.2) is 4.98 Å². The Balaban J connectivity index is 3.03. The largest absolute Gasteiger partial charge is 0.398 e. The van der Waals surface area contributed by atoms with Gasteiger partial charge in [-0.25, -0.2) is 0 Å². The van der Waals surface area contributed by atoms with Crippen LogP contribution in [0.2, 0.25) is 0 Å². The molecule has 0 radical (unpaired) electrons. The number of hydrogen-bond donors (Lipinski definition) is 2. The first-order valence-corrected chi connectivity index (χ1v) is 4.06. The Hall–Kier alpha value is -1.77. The summed E-state index contributed by atoms with van der Waals surface area (Å²) in [5.74, 6) is 0. The van der Waals surface area contributed by atoms with Gasteiger partial charge in [-0.1, -0.05) is 6.07 Å². The van der Waals surface area contributed by atoms with Crippen LogP contribution in [0.4, 0.5) is 5.69 Å². The number of hydrogen-bond acceptors (Lipinski definition) is 2. The number of rotatable bonds is 0. The molecule has 0 aliphatic heterocycles. The molecule has 1 aromatic heterocycles. The second-order valence-electron chi connectivity index (χ2n) is 3.06. The van der Waals surface area contributed by atoms with Gasteiger partial charge in [0.25, 0.3) is 5.56 Å². The van der Waals surface area contributed by atoms with Crippen LogP contribution < -0.4 is 11.3 Å². The van der Waals surface area contributed by atoms with E-state index in [2.05, 4.69) is 4.98 Å². The van der Waals surface area contributed by atoms with Gasteiger partial charge in [0.15, 0.2) is 0 Å². The van der Waals surface area contributed by atoms with E-state index < -0.39 is 0 Å². The molecule has 2 rings (SSSR count). The molecule has 0 aliphatic rings. The van der Waals surface area contributed by atoms with Crippen LogP contribution in [0.3, 0.4) is 0 Å². The molecule has 0 amide bonds. The average molecular weight is 174 g/mol. The van der Waals surface area contributed by atoms with Gasteiger partial charge in [-0.15, -0.1) is 0 Å². The van der Waals surface area contributed by atoms with Gasteiger partial charge < -0.3 is 10.7 Å². The minimum atomic E-state index is -0.0933. The summed E-state index contributed by atoms with van der Waals surface area (Å²) in [6.07, 6.45) is 1.61. The van der Waals surface area contributed by atoms with Gasteiger partial charge in [0.2, 0.25) is 0 Å². The third-order valence-electron chi connectivity index (χ3n) is 2.21. The molecule has 0 saturated heterocycles. The minimum absolute atomic E-state index is 0.0933. The molecule has 3 heteroatoms. The molecule has 0 atom stereocenters. The first-order chi connectivity index (χ1) is 6.20. The number of H-pyrrole nitrogens is 1. The second kappa shape index (κ2) is 2.62. The number of nitrogens with two attached hydrogens (primary N) is 1. The van der Waals surface area contributed by atoms with Crippen molar-refractivity contribution in [1.29, 1.82) is 0 Å². The van der Waals surface area contributed by atoms with Gasteiger partial charge in [-0.2, -0.15) is 0 Å². The lowest BCUT2D eigenvalue weighted by atomic mass is 10.1. The Labute approximate surface area is 75.2 Å². The summed E-state index contributed by atoms with van der Waals surface area (Å²) >= 11 is 0. The molecule has 0 bridgehead atoms. The van der Waals surface area contributed by atoms with Crippen molar-refractivity contribution in [3.63, 3.8) is 0 Å². The lowest BCUT2D eigenvalue weighted by molar-refractivity contribution is 1.27. The summed E-state index contributed by atoms with van der Waals surface area (Å²) in [4.78, 5) is 13.9. The minimum Gasteiger partial charge on any atom is -0.398 e. The van der Waals surface area contributed by atoms with E-state index in [-0.39, 0.29) is 5.56 Å². The average Bonchev–Trinajstić information content (AvgIpc) is 2.12.